The summed E-state index contributed by atoms with van der Waals surface area (Å²) >= 11 is 1.54. The molecule has 1 atom stereocenters. The summed E-state index contributed by atoms with van der Waals surface area (Å²) in [6.45, 7) is 3.95. The summed E-state index contributed by atoms with van der Waals surface area (Å²) < 4.78 is 1.67. The van der Waals surface area contributed by atoms with Crippen LogP contribution in [0.15, 0.2) is 59.8 Å². The number of para-hydroxylation sites is 2. The van der Waals surface area contributed by atoms with Crippen LogP contribution in [0.2, 0.25) is 0 Å². The Morgan fingerprint density at radius 3 is 2.68 bits per heavy atom. The molecule has 0 aliphatic rings. The summed E-state index contributed by atoms with van der Waals surface area (Å²) in [5.74, 6) is -0.0475. The first-order chi connectivity index (χ1) is 10.6. The third-order valence-electron chi connectivity index (χ3n) is 3.39. The van der Waals surface area contributed by atoms with Crippen LogP contribution in [0.5, 0.6) is 0 Å². The number of thioether (sulfide) groups is 1. The van der Waals surface area contributed by atoms with E-state index in [4.69, 9.17) is 0 Å². The van der Waals surface area contributed by atoms with E-state index in [0.717, 1.165) is 15.9 Å². The summed E-state index contributed by atoms with van der Waals surface area (Å²) in [7, 11) is 0. The number of carbonyl (C=O) groups excluding carboxylic acids is 1. The van der Waals surface area contributed by atoms with Crippen molar-refractivity contribution in [2.45, 2.75) is 24.0 Å². The van der Waals surface area contributed by atoms with Crippen LogP contribution < -0.4 is 5.43 Å². The van der Waals surface area contributed by atoms with Crippen molar-refractivity contribution in [1.82, 2.24) is 9.66 Å². The molecule has 22 heavy (non-hydrogen) atoms. The Morgan fingerprint density at radius 1 is 1.18 bits per heavy atom. The van der Waals surface area contributed by atoms with Crippen molar-refractivity contribution in [3.63, 3.8) is 0 Å². The molecule has 3 rings (SSSR count). The molecule has 1 aromatic heterocycles. The number of benzene rings is 2. The van der Waals surface area contributed by atoms with E-state index in [2.05, 4.69) is 29.5 Å². The Kier molecular flexibility index (Phi) is 4.15. The topological polar surface area (TPSA) is 46.9 Å². The van der Waals surface area contributed by atoms with E-state index in [-0.39, 0.29) is 11.2 Å². The van der Waals surface area contributed by atoms with Crippen LogP contribution in [0.25, 0.3) is 11.0 Å². The Hall–Kier alpha value is -2.27. The number of hydrogen-bond acceptors (Lipinski definition) is 3. The van der Waals surface area contributed by atoms with Gasteiger partial charge < -0.3 is 0 Å². The van der Waals surface area contributed by atoms with Gasteiger partial charge in [-0.3, -0.25) is 10.2 Å². The van der Waals surface area contributed by atoms with Crippen molar-refractivity contribution >= 4 is 28.7 Å². The lowest BCUT2D eigenvalue weighted by atomic mass is 10.2. The number of nitrogens with zero attached hydrogens (tertiary/aromatic N) is 2. The fourth-order valence-electron chi connectivity index (χ4n) is 2.13. The molecular formula is C17H17N3OS. The molecule has 1 N–H and O–H groups in total. The maximum atomic E-state index is 12.3. The Labute approximate surface area is 133 Å². The summed E-state index contributed by atoms with van der Waals surface area (Å²) in [5.41, 5.74) is 5.86. The van der Waals surface area contributed by atoms with Gasteiger partial charge in [-0.05, 0) is 38.1 Å². The first kappa shape index (κ1) is 14.7. The number of carbonyl (C=O) groups is 1. The molecule has 0 aliphatic carbocycles. The van der Waals surface area contributed by atoms with Gasteiger partial charge >= 0.3 is 0 Å². The molecule has 4 nitrogen and oxygen atoms in total. The van der Waals surface area contributed by atoms with Crippen LogP contribution in [-0.2, 0) is 4.79 Å². The number of aryl methyl sites for hydroxylation is 1. The van der Waals surface area contributed by atoms with E-state index in [1.807, 2.05) is 43.3 Å². The molecule has 0 spiro atoms. The minimum Gasteiger partial charge on any atom is -0.272 e. The molecule has 0 radical (unpaired) electrons. The lowest BCUT2D eigenvalue weighted by Gasteiger charge is -2.13. The molecule has 1 amide bonds. The van der Waals surface area contributed by atoms with Crippen molar-refractivity contribution in [2.24, 2.45) is 0 Å². The van der Waals surface area contributed by atoms with Gasteiger partial charge in [0.05, 0.1) is 16.3 Å². The fraction of sp³-hybridized carbons (Fsp3) is 0.176. The highest BCUT2D eigenvalue weighted by atomic mass is 32.2. The van der Waals surface area contributed by atoms with Gasteiger partial charge in [0.25, 0.3) is 5.91 Å². The van der Waals surface area contributed by atoms with Crippen LogP contribution in [0.4, 0.5) is 0 Å². The zero-order valence-corrected chi connectivity index (χ0v) is 13.3. The van der Waals surface area contributed by atoms with Gasteiger partial charge in [-0.15, -0.1) is 11.8 Å². The van der Waals surface area contributed by atoms with Crippen molar-refractivity contribution in [1.29, 1.82) is 0 Å². The molecule has 0 saturated carbocycles. The number of rotatable bonds is 4. The zero-order valence-electron chi connectivity index (χ0n) is 12.5. The van der Waals surface area contributed by atoms with E-state index in [1.165, 1.54) is 5.56 Å². The molecule has 0 aliphatic heterocycles. The second kappa shape index (κ2) is 6.23. The predicted molar refractivity (Wildman–Crippen MR) is 90.6 cm³/mol. The zero-order chi connectivity index (χ0) is 15.5. The van der Waals surface area contributed by atoms with Gasteiger partial charge in [0, 0.05) is 4.90 Å². The molecule has 0 saturated heterocycles. The van der Waals surface area contributed by atoms with Crippen molar-refractivity contribution in [2.75, 3.05) is 5.43 Å². The Balaban J connectivity index is 1.69. The molecule has 3 aromatic rings. The molecule has 5 heteroatoms. The molecule has 0 bridgehead atoms. The highest BCUT2D eigenvalue weighted by Crippen LogP contribution is 2.23. The van der Waals surface area contributed by atoms with Crippen molar-refractivity contribution in [3.8, 4) is 0 Å². The van der Waals surface area contributed by atoms with E-state index < -0.39 is 0 Å². The molecule has 2 aromatic carbocycles. The van der Waals surface area contributed by atoms with Gasteiger partial charge in [0.2, 0.25) is 0 Å². The number of hydrogen-bond donors (Lipinski definition) is 1. The molecule has 0 fully saturated rings. The third-order valence-corrected chi connectivity index (χ3v) is 4.50. The summed E-state index contributed by atoms with van der Waals surface area (Å²) in [4.78, 5) is 17.7. The van der Waals surface area contributed by atoms with Gasteiger partial charge in [-0.2, -0.15) is 0 Å². The number of imidazole rings is 1. The van der Waals surface area contributed by atoms with E-state index in [9.17, 15) is 4.79 Å². The van der Waals surface area contributed by atoms with Crippen LogP contribution >= 0.6 is 11.8 Å². The van der Waals surface area contributed by atoms with Crippen molar-refractivity contribution < 1.29 is 4.79 Å². The monoisotopic (exact) mass is 311 g/mol. The van der Waals surface area contributed by atoms with Crippen LogP contribution in [0, 0.1) is 6.92 Å². The lowest BCUT2D eigenvalue weighted by Crippen LogP contribution is -2.29. The molecule has 1 unspecified atom stereocenters. The smallest absolute Gasteiger partial charge is 0.252 e. The normalized spacial score (nSPS) is 12.3. The second-order valence-electron chi connectivity index (χ2n) is 5.15. The second-order valence-corrected chi connectivity index (χ2v) is 6.57. The predicted octanol–water partition coefficient (Wildman–Crippen LogP) is 3.60. The Bertz CT molecular complexity index is 795. The third kappa shape index (κ3) is 3.14. The van der Waals surface area contributed by atoms with Gasteiger partial charge in [0.15, 0.2) is 0 Å². The largest absolute Gasteiger partial charge is 0.272 e. The van der Waals surface area contributed by atoms with Crippen LogP contribution in [0.3, 0.4) is 0 Å². The molecule has 112 valence electrons. The number of aromatic nitrogens is 2. The van der Waals surface area contributed by atoms with Crippen molar-refractivity contribution in [3.05, 3.63) is 60.4 Å². The maximum absolute atomic E-state index is 12.3. The van der Waals surface area contributed by atoms with E-state index in [1.54, 1.807) is 22.8 Å². The van der Waals surface area contributed by atoms with Crippen LogP contribution in [0.1, 0.15) is 12.5 Å². The summed E-state index contributed by atoms with van der Waals surface area (Å²) in [6, 6.07) is 15.9. The first-order valence-corrected chi connectivity index (χ1v) is 7.98. The summed E-state index contributed by atoms with van der Waals surface area (Å²) in [6.07, 6.45) is 1.63. The maximum Gasteiger partial charge on any atom is 0.252 e. The standard InChI is InChI=1S/C17H17N3OS/c1-12-7-9-14(10-8-12)22-13(2)17(21)19-20-11-18-15-5-3-4-6-16(15)20/h3-11,13H,1-2H3,(H,19,21). The lowest BCUT2D eigenvalue weighted by molar-refractivity contribution is -0.116. The highest BCUT2D eigenvalue weighted by molar-refractivity contribution is 8.00. The minimum atomic E-state index is -0.191. The minimum absolute atomic E-state index is 0.0475. The SMILES string of the molecule is Cc1ccc(SC(C)C(=O)Nn2cnc3ccccc32)cc1. The average Bonchev–Trinajstić information content (AvgIpc) is 2.93. The van der Waals surface area contributed by atoms with E-state index in [0.29, 0.717) is 0 Å². The number of nitrogens with one attached hydrogen (secondary N) is 1. The van der Waals surface area contributed by atoms with E-state index >= 15 is 0 Å². The average molecular weight is 311 g/mol. The van der Waals surface area contributed by atoms with Gasteiger partial charge in [-0.25, -0.2) is 9.66 Å². The van der Waals surface area contributed by atoms with Gasteiger partial charge in [-0.1, -0.05) is 29.8 Å². The van der Waals surface area contributed by atoms with Crippen LogP contribution in [-0.4, -0.2) is 20.8 Å². The fourth-order valence-corrected chi connectivity index (χ4v) is 2.99. The number of fused-ring (bicyclic) bond motifs is 1. The number of amides is 1. The molecular weight excluding hydrogens is 294 g/mol. The highest BCUT2D eigenvalue weighted by Gasteiger charge is 2.15. The molecule has 1 heterocycles. The Morgan fingerprint density at radius 2 is 1.91 bits per heavy atom. The first-order valence-electron chi connectivity index (χ1n) is 7.10. The quantitative estimate of drug-likeness (QED) is 0.749. The van der Waals surface area contributed by atoms with Gasteiger partial charge in [0.1, 0.15) is 6.33 Å². The summed E-state index contributed by atoms with van der Waals surface area (Å²) in [5, 5.41) is -0.191.